The lowest BCUT2D eigenvalue weighted by Crippen LogP contribution is -2.41. The molecule has 1 aliphatic rings. The number of rotatable bonds is 8. The Hall–Kier alpha value is -1.65. The molecule has 0 unspecified atom stereocenters. The monoisotopic (exact) mass is 413 g/mol. The zero-order valence-electron chi connectivity index (χ0n) is 17.3. The highest BCUT2D eigenvalue weighted by atomic mass is 32.2. The smallest absolute Gasteiger partial charge is 0.477 e. The van der Waals surface area contributed by atoms with Crippen LogP contribution in [0.15, 0.2) is 12.3 Å². The number of carbonyl (C=O) groups is 1. The molecule has 2 rings (SSSR count). The molecule has 1 fully saturated rings. The van der Waals surface area contributed by atoms with Gasteiger partial charge in [0.15, 0.2) is 0 Å². The fourth-order valence-corrected chi connectivity index (χ4v) is 3.18. The maximum Gasteiger partial charge on any atom is 0.496 e. The van der Waals surface area contributed by atoms with Gasteiger partial charge >= 0.3 is 13.1 Å². The maximum absolute atomic E-state index is 12.4. The predicted octanol–water partition coefficient (Wildman–Crippen LogP) is 1.37. The van der Waals surface area contributed by atoms with E-state index in [1.54, 1.807) is 13.0 Å². The molecule has 156 valence electrons. The van der Waals surface area contributed by atoms with E-state index in [0.29, 0.717) is 11.9 Å². The van der Waals surface area contributed by atoms with Crippen LogP contribution in [0.1, 0.15) is 51.4 Å². The molecular weight excluding hydrogens is 385 g/mol. The van der Waals surface area contributed by atoms with Crippen molar-refractivity contribution in [2.24, 2.45) is 0 Å². The molecule has 0 radical (unpaired) electrons. The Kier molecular flexibility index (Phi) is 6.78. The van der Waals surface area contributed by atoms with E-state index >= 15 is 0 Å². The van der Waals surface area contributed by atoms with Crippen LogP contribution in [0.5, 0.6) is 5.88 Å². The van der Waals surface area contributed by atoms with E-state index in [1.807, 2.05) is 27.7 Å². The average Bonchev–Trinajstić information content (AvgIpc) is 2.79. The summed E-state index contributed by atoms with van der Waals surface area (Å²) in [4.78, 5) is 16.6. The largest absolute Gasteiger partial charge is 0.496 e. The van der Waals surface area contributed by atoms with E-state index in [0.717, 1.165) is 6.26 Å². The minimum atomic E-state index is -3.08. The number of esters is 1. The molecule has 0 bridgehead atoms. The molecule has 1 aromatic heterocycles. The third kappa shape index (κ3) is 5.45. The van der Waals surface area contributed by atoms with Crippen LogP contribution in [0.2, 0.25) is 0 Å². The van der Waals surface area contributed by atoms with Crippen molar-refractivity contribution < 1.29 is 32.0 Å². The molecule has 10 heteroatoms. The van der Waals surface area contributed by atoms with Crippen LogP contribution in [0.3, 0.4) is 0 Å². The second-order valence-electron chi connectivity index (χ2n) is 7.76. The molecule has 0 spiro atoms. The molecule has 0 amide bonds. The minimum Gasteiger partial charge on any atom is -0.477 e. The van der Waals surface area contributed by atoms with Crippen molar-refractivity contribution in [2.45, 2.75) is 52.2 Å². The van der Waals surface area contributed by atoms with E-state index in [4.69, 9.17) is 18.8 Å². The Labute approximate surface area is 167 Å². The van der Waals surface area contributed by atoms with Crippen LogP contribution < -0.4 is 10.2 Å². The maximum atomic E-state index is 12.4. The molecule has 2 heterocycles. The first-order chi connectivity index (χ1) is 12.9. The van der Waals surface area contributed by atoms with Crippen LogP contribution in [0.4, 0.5) is 0 Å². The number of nitrogens with zero attached hydrogens (tertiary/aromatic N) is 1. The summed E-state index contributed by atoms with van der Waals surface area (Å²) in [7, 11) is -3.75. The molecule has 0 aromatic carbocycles. The van der Waals surface area contributed by atoms with Crippen LogP contribution in [-0.2, 0) is 23.9 Å². The lowest BCUT2D eigenvalue weighted by Gasteiger charge is -2.32. The summed E-state index contributed by atoms with van der Waals surface area (Å²) in [5.41, 5.74) is -0.330. The van der Waals surface area contributed by atoms with E-state index in [9.17, 15) is 13.2 Å². The summed E-state index contributed by atoms with van der Waals surface area (Å²) >= 11 is 0. The Balaban J connectivity index is 2.22. The van der Waals surface area contributed by atoms with Crippen molar-refractivity contribution in [1.29, 1.82) is 0 Å². The number of carbonyl (C=O) groups excluding carboxylic acids is 1. The van der Waals surface area contributed by atoms with Gasteiger partial charge in [-0.1, -0.05) is 0 Å². The van der Waals surface area contributed by atoms with Gasteiger partial charge in [-0.3, -0.25) is 0 Å². The van der Waals surface area contributed by atoms with Gasteiger partial charge in [0.05, 0.1) is 30.2 Å². The van der Waals surface area contributed by atoms with Crippen LogP contribution in [-0.4, -0.2) is 62.9 Å². The first kappa shape index (κ1) is 22.6. The summed E-state index contributed by atoms with van der Waals surface area (Å²) < 4.78 is 45.1. The van der Waals surface area contributed by atoms with Crippen LogP contribution in [0, 0.1) is 0 Å². The highest BCUT2D eigenvalue weighted by Gasteiger charge is 2.52. The van der Waals surface area contributed by atoms with Gasteiger partial charge in [-0.2, -0.15) is 0 Å². The minimum absolute atomic E-state index is 0.00621. The number of ether oxygens (including phenoxy) is 2. The van der Waals surface area contributed by atoms with Crippen molar-refractivity contribution in [2.75, 3.05) is 25.2 Å². The average molecular weight is 413 g/mol. The lowest BCUT2D eigenvalue weighted by atomic mass is 9.79. The Bertz CT molecular complexity index is 807. The summed E-state index contributed by atoms with van der Waals surface area (Å²) in [6, 6.07) is 1.58. The molecule has 1 saturated heterocycles. The van der Waals surface area contributed by atoms with Crippen molar-refractivity contribution in [3.8, 4) is 5.88 Å². The number of sulfone groups is 1. The molecule has 1 aliphatic heterocycles. The Morgan fingerprint density at radius 3 is 2.36 bits per heavy atom. The number of aromatic nitrogens is 1. The van der Waals surface area contributed by atoms with Gasteiger partial charge in [-0.25, -0.2) is 18.2 Å². The highest BCUT2D eigenvalue weighted by molar-refractivity contribution is 7.90. The summed E-state index contributed by atoms with van der Waals surface area (Å²) in [5, 5.41) is 0. The predicted molar refractivity (Wildman–Crippen MR) is 106 cm³/mol. The van der Waals surface area contributed by atoms with Crippen molar-refractivity contribution in [3.05, 3.63) is 17.8 Å². The molecule has 28 heavy (non-hydrogen) atoms. The zero-order chi connectivity index (χ0) is 21.2. The quantitative estimate of drug-likeness (QED) is 0.358. The molecular formula is C18H28BNO7S. The van der Waals surface area contributed by atoms with E-state index in [2.05, 4.69) is 4.98 Å². The fraction of sp³-hybridized carbons (Fsp3) is 0.667. The number of hydrogen-bond donors (Lipinski definition) is 0. The molecule has 0 atom stereocenters. The molecule has 8 nitrogen and oxygen atoms in total. The molecule has 0 aliphatic carbocycles. The van der Waals surface area contributed by atoms with Gasteiger partial charge in [0, 0.05) is 17.9 Å². The van der Waals surface area contributed by atoms with Gasteiger partial charge in [-0.15, -0.1) is 0 Å². The number of hydrogen-bond acceptors (Lipinski definition) is 8. The fourth-order valence-electron chi connectivity index (χ4n) is 2.54. The Morgan fingerprint density at radius 2 is 1.82 bits per heavy atom. The highest BCUT2D eigenvalue weighted by Crippen LogP contribution is 2.36. The summed E-state index contributed by atoms with van der Waals surface area (Å²) in [5.74, 6) is -0.494. The molecule has 0 saturated carbocycles. The van der Waals surface area contributed by atoms with Crippen molar-refractivity contribution >= 4 is 28.4 Å². The third-order valence-electron chi connectivity index (χ3n) is 4.79. The third-order valence-corrected chi connectivity index (χ3v) is 5.82. The zero-order valence-corrected chi connectivity index (χ0v) is 18.1. The number of pyridine rings is 1. The van der Waals surface area contributed by atoms with Crippen LogP contribution >= 0.6 is 0 Å². The van der Waals surface area contributed by atoms with E-state index in [-0.39, 0.29) is 30.4 Å². The van der Waals surface area contributed by atoms with Gasteiger partial charge in [0.25, 0.3) is 0 Å². The summed E-state index contributed by atoms with van der Waals surface area (Å²) in [6.07, 6.45) is 2.98. The topological polar surface area (TPSA) is 101 Å². The second kappa shape index (κ2) is 8.38. The first-order valence-corrected chi connectivity index (χ1v) is 11.3. The van der Waals surface area contributed by atoms with Gasteiger partial charge < -0.3 is 18.8 Å². The van der Waals surface area contributed by atoms with Gasteiger partial charge in [-0.05, 0) is 47.1 Å². The SMILES string of the molecule is CCOC(=O)c1cc(B2OC(C)(C)C(C)(C)O2)cnc1OCCCS(C)(=O)=O. The Morgan fingerprint density at radius 1 is 1.21 bits per heavy atom. The molecule has 1 aromatic rings. The van der Waals surface area contributed by atoms with Crippen LogP contribution in [0.25, 0.3) is 0 Å². The van der Waals surface area contributed by atoms with Crippen molar-refractivity contribution in [3.63, 3.8) is 0 Å². The second-order valence-corrected chi connectivity index (χ2v) is 10.0. The molecule has 0 N–H and O–H groups in total. The van der Waals surface area contributed by atoms with E-state index < -0.39 is 34.1 Å². The van der Waals surface area contributed by atoms with Gasteiger partial charge in [0.2, 0.25) is 5.88 Å². The van der Waals surface area contributed by atoms with Gasteiger partial charge in [0.1, 0.15) is 15.4 Å². The lowest BCUT2D eigenvalue weighted by molar-refractivity contribution is 0.00578. The summed E-state index contributed by atoms with van der Waals surface area (Å²) in [6.45, 7) is 9.77. The van der Waals surface area contributed by atoms with E-state index in [1.165, 1.54) is 6.20 Å². The van der Waals surface area contributed by atoms with Crippen molar-refractivity contribution in [1.82, 2.24) is 4.98 Å². The standard InChI is InChI=1S/C18H28BNO7S/c1-7-24-16(21)14-11-13(19-26-17(2,3)18(4,5)27-19)12-20-15(14)25-9-8-10-28(6,22)23/h11-12H,7-10H2,1-6H3. The first-order valence-electron chi connectivity index (χ1n) is 9.19. The normalized spacial score (nSPS) is 18.1.